The summed E-state index contributed by atoms with van der Waals surface area (Å²) in [4.78, 5) is 45.2. The largest absolute Gasteiger partial charge is 0.507 e. The van der Waals surface area contributed by atoms with Crippen molar-refractivity contribution in [2.75, 3.05) is 18.6 Å². The quantitative estimate of drug-likeness (QED) is 0.178. The number of nitrogens with zero attached hydrogens (tertiary/aromatic N) is 2. The molecular formula is C30H32N2O6S. The van der Waals surface area contributed by atoms with Crippen LogP contribution in [0.3, 0.4) is 0 Å². The molecule has 1 aromatic heterocycles. The Morgan fingerprint density at radius 3 is 2.33 bits per heavy atom. The van der Waals surface area contributed by atoms with E-state index in [4.69, 9.17) is 9.47 Å². The first-order chi connectivity index (χ1) is 18.4. The lowest BCUT2D eigenvalue weighted by molar-refractivity contribution is -0.132. The van der Waals surface area contributed by atoms with Crippen molar-refractivity contribution in [1.29, 1.82) is 0 Å². The number of hydrogen-bond donors (Lipinski definition) is 1. The van der Waals surface area contributed by atoms with Crippen LogP contribution in [0.4, 0.5) is 5.13 Å². The number of aliphatic hydroxyl groups is 1. The van der Waals surface area contributed by atoms with Gasteiger partial charge in [0.15, 0.2) is 5.13 Å². The standard InChI is InChI=1S/C30H32N2O6S/c1-8-38-21-14-11-19(15-16(21)2)24(33)22-23(18-9-12-20(13-10-18)30(4,5)6)32(27(35)25(22)34)29-31-17(3)26(39-29)28(36)37-7/h9-15,23,33H,8H2,1-7H3/b24-22-. The van der Waals surface area contributed by atoms with Gasteiger partial charge in [-0.05, 0) is 61.1 Å². The van der Waals surface area contributed by atoms with Crippen LogP contribution in [0.5, 0.6) is 5.75 Å². The molecule has 39 heavy (non-hydrogen) atoms. The third-order valence-electron chi connectivity index (χ3n) is 6.65. The van der Waals surface area contributed by atoms with E-state index < -0.39 is 23.7 Å². The maximum Gasteiger partial charge on any atom is 0.350 e. The number of methoxy groups -OCH3 is 1. The van der Waals surface area contributed by atoms with E-state index in [1.807, 2.05) is 38.1 Å². The number of benzene rings is 2. The summed E-state index contributed by atoms with van der Waals surface area (Å²) in [7, 11) is 1.27. The number of carbonyl (C=O) groups is 3. The number of esters is 1. The Labute approximate surface area is 231 Å². The number of Topliss-reactive ketones (excluding diaryl/α,β-unsaturated/α-hetero) is 1. The zero-order chi connectivity index (χ0) is 28.6. The first kappa shape index (κ1) is 28.0. The van der Waals surface area contributed by atoms with Crippen molar-refractivity contribution < 1.29 is 29.0 Å². The van der Waals surface area contributed by atoms with Gasteiger partial charge < -0.3 is 14.6 Å². The predicted molar refractivity (Wildman–Crippen MR) is 150 cm³/mol. The van der Waals surface area contributed by atoms with Crippen LogP contribution in [-0.2, 0) is 19.7 Å². The number of ether oxygens (including phenoxy) is 2. The Bertz CT molecular complexity index is 1480. The second-order valence-corrected chi connectivity index (χ2v) is 11.3. The number of aliphatic hydroxyl groups excluding tert-OH is 1. The molecule has 1 aliphatic heterocycles. The van der Waals surface area contributed by atoms with Crippen molar-refractivity contribution in [3.8, 4) is 5.75 Å². The van der Waals surface area contributed by atoms with Gasteiger partial charge >= 0.3 is 11.9 Å². The predicted octanol–water partition coefficient (Wildman–Crippen LogP) is 5.87. The number of rotatable bonds is 6. The summed E-state index contributed by atoms with van der Waals surface area (Å²) in [5.41, 5.74) is 3.08. The number of amides is 1. The van der Waals surface area contributed by atoms with Gasteiger partial charge in [0.05, 0.1) is 31.0 Å². The van der Waals surface area contributed by atoms with E-state index >= 15 is 0 Å². The lowest BCUT2D eigenvalue weighted by Crippen LogP contribution is -2.29. The normalized spacial score (nSPS) is 17.0. The molecule has 8 nitrogen and oxygen atoms in total. The molecule has 1 amide bonds. The van der Waals surface area contributed by atoms with E-state index in [0.29, 0.717) is 29.2 Å². The lowest BCUT2D eigenvalue weighted by Gasteiger charge is -2.25. The monoisotopic (exact) mass is 548 g/mol. The highest BCUT2D eigenvalue weighted by molar-refractivity contribution is 7.17. The molecule has 0 spiro atoms. The van der Waals surface area contributed by atoms with Crippen LogP contribution < -0.4 is 9.64 Å². The fraction of sp³-hybridized carbons (Fsp3) is 0.333. The van der Waals surface area contributed by atoms with Crippen molar-refractivity contribution in [1.82, 2.24) is 4.98 Å². The Hall–Kier alpha value is -3.98. The molecule has 204 valence electrons. The number of anilines is 1. The molecule has 1 fully saturated rings. The maximum atomic E-state index is 13.5. The maximum absolute atomic E-state index is 13.5. The fourth-order valence-corrected chi connectivity index (χ4v) is 5.56. The van der Waals surface area contributed by atoms with Gasteiger partial charge in [-0.15, -0.1) is 0 Å². The average Bonchev–Trinajstić information content (AvgIpc) is 3.40. The van der Waals surface area contributed by atoms with Crippen LogP contribution >= 0.6 is 11.3 Å². The first-order valence-corrected chi connectivity index (χ1v) is 13.4. The van der Waals surface area contributed by atoms with Crippen LogP contribution in [0, 0.1) is 13.8 Å². The van der Waals surface area contributed by atoms with E-state index in [1.165, 1.54) is 12.0 Å². The highest BCUT2D eigenvalue weighted by Gasteiger charge is 2.48. The Morgan fingerprint density at radius 2 is 1.77 bits per heavy atom. The molecule has 1 saturated heterocycles. The van der Waals surface area contributed by atoms with Crippen molar-refractivity contribution in [2.24, 2.45) is 0 Å². The van der Waals surface area contributed by atoms with Crippen LogP contribution in [-0.4, -0.2) is 41.5 Å². The first-order valence-electron chi connectivity index (χ1n) is 12.6. The van der Waals surface area contributed by atoms with E-state index in [1.54, 1.807) is 25.1 Å². The molecule has 0 radical (unpaired) electrons. The Balaban J connectivity index is 1.92. The minimum absolute atomic E-state index is 0.0560. The topological polar surface area (TPSA) is 106 Å². The molecule has 1 unspecified atom stereocenters. The van der Waals surface area contributed by atoms with E-state index in [2.05, 4.69) is 25.8 Å². The van der Waals surface area contributed by atoms with Gasteiger partial charge in [0.2, 0.25) is 0 Å². The summed E-state index contributed by atoms with van der Waals surface area (Å²) in [5, 5.41) is 11.6. The van der Waals surface area contributed by atoms with Gasteiger partial charge in [0, 0.05) is 5.56 Å². The molecule has 0 saturated carbocycles. The van der Waals surface area contributed by atoms with E-state index in [9.17, 15) is 19.5 Å². The molecule has 4 rings (SSSR count). The van der Waals surface area contributed by atoms with Crippen LogP contribution in [0.2, 0.25) is 0 Å². The highest BCUT2D eigenvalue weighted by Crippen LogP contribution is 2.44. The SMILES string of the molecule is CCOc1ccc(/C(O)=C2/C(=O)C(=O)N(c3nc(C)c(C(=O)OC)s3)C2c2ccc(C(C)(C)C)cc2)cc1C. The third kappa shape index (κ3) is 5.18. The van der Waals surface area contributed by atoms with Crippen molar-refractivity contribution >= 4 is 39.9 Å². The zero-order valence-corrected chi connectivity index (χ0v) is 23.9. The van der Waals surface area contributed by atoms with Gasteiger partial charge in [-0.1, -0.05) is 56.4 Å². The van der Waals surface area contributed by atoms with Crippen molar-refractivity contribution in [3.63, 3.8) is 0 Å². The third-order valence-corrected chi connectivity index (χ3v) is 7.78. The average molecular weight is 549 g/mol. The van der Waals surface area contributed by atoms with Crippen LogP contribution in [0.15, 0.2) is 48.0 Å². The molecule has 0 bridgehead atoms. The van der Waals surface area contributed by atoms with Crippen molar-refractivity contribution in [2.45, 2.75) is 53.0 Å². The van der Waals surface area contributed by atoms with Gasteiger partial charge in [0.25, 0.3) is 5.78 Å². The second kappa shape index (κ2) is 10.6. The van der Waals surface area contributed by atoms with Crippen LogP contribution in [0.25, 0.3) is 5.76 Å². The molecule has 3 aromatic rings. The molecule has 1 aliphatic rings. The summed E-state index contributed by atoms with van der Waals surface area (Å²) in [5.74, 6) is -1.89. The minimum Gasteiger partial charge on any atom is -0.507 e. The van der Waals surface area contributed by atoms with Crippen LogP contribution in [0.1, 0.15) is 71.4 Å². The smallest absolute Gasteiger partial charge is 0.350 e. The lowest BCUT2D eigenvalue weighted by atomic mass is 9.85. The van der Waals surface area contributed by atoms with Gasteiger partial charge in [-0.2, -0.15) is 0 Å². The molecule has 2 heterocycles. The Morgan fingerprint density at radius 1 is 1.10 bits per heavy atom. The van der Waals surface area contributed by atoms with Gasteiger partial charge in [0.1, 0.15) is 16.4 Å². The molecule has 1 atom stereocenters. The molecule has 0 aliphatic carbocycles. The molecule has 2 aromatic carbocycles. The zero-order valence-electron chi connectivity index (χ0n) is 23.1. The number of aryl methyl sites for hydroxylation is 2. The summed E-state index contributed by atoms with van der Waals surface area (Å²) in [6, 6.07) is 11.7. The molecule has 9 heteroatoms. The van der Waals surface area contributed by atoms with Crippen molar-refractivity contribution in [3.05, 3.63) is 80.9 Å². The van der Waals surface area contributed by atoms with Gasteiger partial charge in [-0.25, -0.2) is 9.78 Å². The number of carbonyl (C=O) groups excluding carboxylic acids is 3. The molecular weight excluding hydrogens is 516 g/mol. The highest BCUT2D eigenvalue weighted by atomic mass is 32.1. The minimum atomic E-state index is -0.957. The summed E-state index contributed by atoms with van der Waals surface area (Å²) in [6.45, 7) is 12.1. The fourth-order valence-electron chi connectivity index (χ4n) is 4.55. The second-order valence-electron chi connectivity index (χ2n) is 10.4. The summed E-state index contributed by atoms with van der Waals surface area (Å²) < 4.78 is 10.5. The number of hydrogen-bond acceptors (Lipinski definition) is 8. The van der Waals surface area contributed by atoms with E-state index in [-0.39, 0.29) is 26.8 Å². The summed E-state index contributed by atoms with van der Waals surface area (Å²) in [6.07, 6.45) is 0. The van der Waals surface area contributed by atoms with Gasteiger partial charge in [-0.3, -0.25) is 14.5 Å². The number of ketones is 1. The Kier molecular flexibility index (Phi) is 7.66. The number of aromatic nitrogens is 1. The molecule has 1 N–H and O–H groups in total. The summed E-state index contributed by atoms with van der Waals surface area (Å²) >= 11 is 0.967. The number of thiazole rings is 1. The van der Waals surface area contributed by atoms with E-state index in [0.717, 1.165) is 22.5 Å².